The van der Waals surface area contributed by atoms with Gasteiger partial charge in [0.1, 0.15) is 17.1 Å². The van der Waals surface area contributed by atoms with Gasteiger partial charge in [0.2, 0.25) is 5.91 Å². The molecule has 170 valence electrons. The Balaban J connectivity index is 1.69. The molecule has 1 amide bonds. The standard InChI is InChI=1S/C25H30N2O5/c1-16-18-11-10-17(30-4)14-23(18)32-25(29)19(16)12-13-24(28)26-15-21(27(2)3)20-8-6-7-9-22(20)31-5/h6-11,14,21H,12-13,15H2,1-5H3,(H,26,28). The number of ether oxygens (including phenoxy) is 2. The molecule has 0 fully saturated rings. The molecule has 0 saturated heterocycles. The summed E-state index contributed by atoms with van der Waals surface area (Å²) in [5.41, 5.74) is 2.40. The van der Waals surface area contributed by atoms with Gasteiger partial charge in [0.15, 0.2) is 0 Å². The third kappa shape index (κ3) is 5.11. The van der Waals surface area contributed by atoms with Gasteiger partial charge in [-0.3, -0.25) is 4.79 Å². The molecule has 32 heavy (non-hydrogen) atoms. The SMILES string of the molecule is COc1ccc2c(C)c(CCC(=O)NCC(c3ccccc3OC)N(C)C)c(=O)oc2c1. The normalized spacial score (nSPS) is 12.1. The second-order valence-electron chi connectivity index (χ2n) is 7.88. The van der Waals surface area contributed by atoms with Crippen LogP contribution in [0.15, 0.2) is 51.7 Å². The number of amides is 1. The summed E-state index contributed by atoms with van der Waals surface area (Å²) in [4.78, 5) is 27.1. The minimum absolute atomic E-state index is 0.0439. The van der Waals surface area contributed by atoms with Gasteiger partial charge < -0.3 is 24.1 Å². The van der Waals surface area contributed by atoms with E-state index in [0.717, 1.165) is 22.3 Å². The van der Waals surface area contributed by atoms with Crippen molar-refractivity contribution in [2.45, 2.75) is 25.8 Å². The number of rotatable bonds is 9. The number of hydrogen-bond acceptors (Lipinski definition) is 6. The van der Waals surface area contributed by atoms with Crippen molar-refractivity contribution in [3.8, 4) is 11.5 Å². The van der Waals surface area contributed by atoms with E-state index in [2.05, 4.69) is 5.32 Å². The molecule has 1 N–H and O–H groups in total. The maximum absolute atomic E-state index is 12.6. The van der Waals surface area contributed by atoms with Crippen molar-refractivity contribution in [2.75, 3.05) is 34.9 Å². The zero-order chi connectivity index (χ0) is 23.3. The molecule has 0 radical (unpaired) electrons. The molecular formula is C25H30N2O5. The summed E-state index contributed by atoms with van der Waals surface area (Å²) in [5, 5.41) is 3.83. The van der Waals surface area contributed by atoms with Crippen LogP contribution in [0.5, 0.6) is 11.5 Å². The Labute approximate surface area is 187 Å². The van der Waals surface area contributed by atoms with E-state index >= 15 is 0 Å². The van der Waals surface area contributed by atoms with Crippen LogP contribution in [0.25, 0.3) is 11.0 Å². The monoisotopic (exact) mass is 438 g/mol. The lowest BCUT2D eigenvalue weighted by atomic mass is 10.0. The van der Waals surface area contributed by atoms with Gasteiger partial charge in [0, 0.05) is 35.5 Å². The number of nitrogens with zero attached hydrogens (tertiary/aromatic N) is 1. The maximum Gasteiger partial charge on any atom is 0.339 e. The molecule has 2 aromatic carbocycles. The highest BCUT2D eigenvalue weighted by Crippen LogP contribution is 2.27. The van der Waals surface area contributed by atoms with Gasteiger partial charge in [-0.15, -0.1) is 0 Å². The summed E-state index contributed by atoms with van der Waals surface area (Å²) in [6.45, 7) is 2.31. The van der Waals surface area contributed by atoms with E-state index in [-0.39, 0.29) is 18.4 Å². The molecule has 3 rings (SSSR count). The molecule has 0 bridgehead atoms. The number of para-hydroxylation sites is 1. The lowest BCUT2D eigenvalue weighted by Crippen LogP contribution is -2.35. The zero-order valence-electron chi connectivity index (χ0n) is 19.2. The Morgan fingerprint density at radius 1 is 1.12 bits per heavy atom. The fourth-order valence-corrected chi connectivity index (χ4v) is 3.84. The van der Waals surface area contributed by atoms with Crippen molar-refractivity contribution in [2.24, 2.45) is 0 Å². The first-order chi connectivity index (χ1) is 15.3. The van der Waals surface area contributed by atoms with Crippen LogP contribution in [-0.4, -0.2) is 45.7 Å². The number of methoxy groups -OCH3 is 2. The third-order valence-electron chi connectivity index (χ3n) is 5.71. The van der Waals surface area contributed by atoms with Crippen molar-refractivity contribution in [1.82, 2.24) is 10.2 Å². The molecule has 3 aromatic rings. The third-order valence-corrected chi connectivity index (χ3v) is 5.71. The zero-order valence-corrected chi connectivity index (χ0v) is 19.2. The fraction of sp³-hybridized carbons (Fsp3) is 0.360. The minimum Gasteiger partial charge on any atom is -0.497 e. The van der Waals surface area contributed by atoms with E-state index in [1.165, 1.54) is 0 Å². The van der Waals surface area contributed by atoms with E-state index in [9.17, 15) is 9.59 Å². The summed E-state index contributed by atoms with van der Waals surface area (Å²) >= 11 is 0. The summed E-state index contributed by atoms with van der Waals surface area (Å²) in [6.07, 6.45) is 0.503. The van der Waals surface area contributed by atoms with Crippen LogP contribution in [0.2, 0.25) is 0 Å². The summed E-state index contributed by atoms with van der Waals surface area (Å²) in [6, 6.07) is 13.1. The van der Waals surface area contributed by atoms with Gasteiger partial charge >= 0.3 is 5.63 Å². The number of hydrogen-bond donors (Lipinski definition) is 1. The number of fused-ring (bicyclic) bond motifs is 1. The van der Waals surface area contributed by atoms with E-state index in [1.807, 2.05) is 62.3 Å². The fourth-order valence-electron chi connectivity index (χ4n) is 3.84. The second kappa shape index (κ2) is 10.3. The van der Waals surface area contributed by atoms with Gasteiger partial charge in [-0.2, -0.15) is 0 Å². The molecule has 1 heterocycles. The van der Waals surface area contributed by atoms with Gasteiger partial charge in [-0.05, 0) is 51.2 Å². The van der Waals surface area contributed by atoms with Crippen molar-refractivity contribution >= 4 is 16.9 Å². The molecule has 0 aliphatic carbocycles. The number of carbonyl (C=O) groups excluding carboxylic acids is 1. The molecule has 1 aromatic heterocycles. The molecule has 0 aliphatic heterocycles. The van der Waals surface area contributed by atoms with Crippen LogP contribution < -0.4 is 20.4 Å². The van der Waals surface area contributed by atoms with Gasteiger partial charge in [-0.25, -0.2) is 4.79 Å². The Kier molecular flexibility index (Phi) is 7.53. The lowest BCUT2D eigenvalue weighted by Gasteiger charge is -2.26. The molecule has 1 unspecified atom stereocenters. The molecule has 7 nitrogen and oxygen atoms in total. The summed E-state index contributed by atoms with van der Waals surface area (Å²) < 4.78 is 16.1. The van der Waals surface area contributed by atoms with Crippen LogP contribution in [-0.2, 0) is 11.2 Å². The predicted octanol–water partition coefficient (Wildman–Crippen LogP) is 3.47. The lowest BCUT2D eigenvalue weighted by molar-refractivity contribution is -0.121. The van der Waals surface area contributed by atoms with Crippen LogP contribution in [0.1, 0.15) is 29.2 Å². The maximum atomic E-state index is 12.6. The van der Waals surface area contributed by atoms with Crippen LogP contribution in [0, 0.1) is 6.92 Å². The number of carbonyl (C=O) groups is 1. The average Bonchev–Trinajstić information content (AvgIpc) is 2.78. The van der Waals surface area contributed by atoms with E-state index < -0.39 is 5.63 Å². The number of nitrogens with one attached hydrogen (secondary N) is 1. The second-order valence-corrected chi connectivity index (χ2v) is 7.88. The highest BCUT2D eigenvalue weighted by Gasteiger charge is 2.19. The van der Waals surface area contributed by atoms with Gasteiger partial charge in [-0.1, -0.05) is 18.2 Å². The average molecular weight is 439 g/mol. The van der Waals surface area contributed by atoms with Crippen LogP contribution >= 0.6 is 0 Å². The smallest absolute Gasteiger partial charge is 0.339 e. The molecular weight excluding hydrogens is 408 g/mol. The minimum atomic E-state index is -0.420. The topological polar surface area (TPSA) is 81.0 Å². The van der Waals surface area contributed by atoms with Crippen LogP contribution in [0.3, 0.4) is 0 Å². The molecule has 1 atom stereocenters. The summed E-state index contributed by atoms with van der Waals surface area (Å²) in [5.74, 6) is 1.28. The van der Waals surface area contributed by atoms with Gasteiger partial charge in [0.25, 0.3) is 0 Å². The van der Waals surface area contributed by atoms with Crippen molar-refractivity contribution in [1.29, 1.82) is 0 Å². The Hall–Kier alpha value is -3.32. The Morgan fingerprint density at radius 3 is 2.56 bits per heavy atom. The first kappa shape index (κ1) is 23.3. The largest absolute Gasteiger partial charge is 0.497 e. The first-order valence-electron chi connectivity index (χ1n) is 10.5. The van der Waals surface area contributed by atoms with Crippen molar-refractivity contribution < 1.29 is 18.7 Å². The van der Waals surface area contributed by atoms with E-state index in [1.54, 1.807) is 20.3 Å². The van der Waals surface area contributed by atoms with E-state index in [0.29, 0.717) is 29.9 Å². The molecule has 0 aliphatic rings. The van der Waals surface area contributed by atoms with Crippen molar-refractivity contribution in [3.05, 3.63) is 69.6 Å². The quantitative estimate of drug-likeness (QED) is 0.515. The summed E-state index contributed by atoms with van der Waals surface area (Å²) in [7, 11) is 7.12. The highest BCUT2D eigenvalue weighted by molar-refractivity contribution is 5.82. The van der Waals surface area contributed by atoms with Crippen LogP contribution in [0.4, 0.5) is 0 Å². The Morgan fingerprint density at radius 2 is 1.88 bits per heavy atom. The Bertz CT molecular complexity index is 1150. The van der Waals surface area contributed by atoms with E-state index in [4.69, 9.17) is 13.9 Å². The van der Waals surface area contributed by atoms with Crippen molar-refractivity contribution in [3.63, 3.8) is 0 Å². The first-order valence-corrected chi connectivity index (χ1v) is 10.5. The highest BCUT2D eigenvalue weighted by atomic mass is 16.5. The van der Waals surface area contributed by atoms with Gasteiger partial charge in [0.05, 0.1) is 20.3 Å². The molecule has 7 heteroatoms. The number of benzene rings is 2. The number of aryl methyl sites for hydroxylation is 1. The predicted molar refractivity (Wildman–Crippen MR) is 125 cm³/mol. The molecule has 0 saturated carbocycles. The molecule has 0 spiro atoms. The number of likely N-dealkylation sites (N-methyl/N-ethyl adjacent to an activating group) is 1.